The average molecular weight is 411 g/mol. The topological polar surface area (TPSA) is 80.3 Å². The van der Waals surface area contributed by atoms with Gasteiger partial charge in [0.05, 0.1) is 56.2 Å². The molecule has 2 aliphatic heterocycles. The highest BCUT2D eigenvalue weighted by atomic mass is 32.1. The van der Waals surface area contributed by atoms with Gasteiger partial charge in [0.2, 0.25) is 0 Å². The van der Waals surface area contributed by atoms with Crippen LogP contribution in [0, 0.1) is 5.82 Å². The van der Waals surface area contributed by atoms with E-state index in [2.05, 4.69) is 10.1 Å². The number of thiocarbonyl (C=S) groups is 1. The van der Waals surface area contributed by atoms with Crippen molar-refractivity contribution >= 4 is 40.6 Å². The third kappa shape index (κ3) is 4.87. The molecule has 10 heteroatoms. The number of ether oxygens (including phenoxy) is 3. The van der Waals surface area contributed by atoms with Crippen molar-refractivity contribution in [3.05, 3.63) is 24.0 Å². The molecule has 1 aromatic rings. The zero-order valence-corrected chi connectivity index (χ0v) is 16.3. The number of amides is 1. The number of nitrogens with zero attached hydrogens (tertiary/aromatic N) is 2. The highest BCUT2D eigenvalue weighted by Crippen LogP contribution is 2.28. The fourth-order valence-electron chi connectivity index (χ4n) is 3.06. The number of halogens is 1. The number of methoxy groups -OCH3 is 1. The Morgan fingerprint density at radius 2 is 2.14 bits per heavy atom. The molecule has 2 aliphatic rings. The van der Waals surface area contributed by atoms with Crippen LogP contribution >= 0.6 is 12.2 Å². The number of nitrogens with one attached hydrogen (secondary N) is 1. The molecule has 1 unspecified atom stereocenters. The van der Waals surface area contributed by atoms with Crippen LogP contribution < -0.4 is 15.1 Å². The zero-order valence-electron chi connectivity index (χ0n) is 15.5. The third-order valence-corrected chi connectivity index (χ3v) is 4.82. The van der Waals surface area contributed by atoms with Gasteiger partial charge < -0.3 is 24.4 Å². The largest absolute Gasteiger partial charge is 0.469 e. The molecule has 0 spiro atoms. The van der Waals surface area contributed by atoms with Gasteiger partial charge in [-0.25, -0.2) is 9.18 Å². The minimum absolute atomic E-state index is 0.0373. The van der Waals surface area contributed by atoms with Gasteiger partial charge in [-0.1, -0.05) is 12.2 Å². The smallest absolute Gasteiger partial charge is 0.414 e. The summed E-state index contributed by atoms with van der Waals surface area (Å²) in [5, 5.41) is 2.88. The van der Waals surface area contributed by atoms with Crippen molar-refractivity contribution in [2.45, 2.75) is 12.5 Å². The summed E-state index contributed by atoms with van der Waals surface area (Å²) in [7, 11) is 1.28. The highest BCUT2D eigenvalue weighted by molar-refractivity contribution is 7.80. The summed E-state index contributed by atoms with van der Waals surface area (Å²) in [5.74, 6) is -0.841. The van der Waals surface area contributed by atoms with Crippen LogP contribution in [0.1, 0.15) is 6.42 Å². The maximum Gasteiger partial charge on any atom is 0.414 e. The van der Waals surface area contributed by atoms with Crippen molar-refractivity contribution in [2.75, 3.05) is 56.3 Å². The molecule has 8 nitrogen and oxygen atoms in total. The second kappa shape index (κ2) is 9.16. The van der Waals surface area contributed by atoms with Crippen molar-refractivity contribution in [3.63, 3.8) is 0 Å². The van der Waals surface area contributed by atoms with Gasteiger partial charge in [0.15, 0.2) is 0 Å². The minimum atomic E-state index is -0.552. The fourth-order valence-corrected chi connectivity index (χ4v) is 3.26. The number of esters is 1. The Balaban J connectivity index is 1.58. The van der Waals surface area contributed by atoms with E-state index in [0.29, 0.717) is 42.7 Å². The molecule has 1 aromatic carbocycles. The molecular formula is C18H22FN3O5S. The van der Waals surface area contributed by atoms with Crippen LogP contribution in [0.3, 0.4) is 0 Å². The Morgan fingerprint density at radius 3 is 2.82 bits per heavy atom. The van der Waals surface area contributed by atoms with Crippen LogP contribution in [0.5, 0.6) is 0 Å². The molecule has 0 aliphatic carbocycles. The van der Waals surface area contributed by atoms with E-state index in [1.165, 1.54) is 18.1 Å². The molecule has 1 amide bonds. The predicted octanol–water partition coefficient (Wildman–Crippen LogP) is 1.47. The number of carbonyl (C=O) groups excluding carboxylic acids is 2. The van der Waals surface area contributed by atoms with Gasteiger partial charge in [-0.05, 0) is 18.2 Å². The van der Waals surface area contributed by atoms with Gasteiger partial charge in [-0.3, -0.25) is 9.69 Å². The number of anilines is 2. The number of carbonyl (C=O) groups is 2. The molecule has 0 saturated carbocycles. The molecule has 2 fully saturated rings. The lowest BCUT2D eigenvalue weighted by atomic mass is 10.2. The molecule has 28 heavy (non-hydrogen) atoms. The maximum absolute atomic E-state index is 14.6. The number of rotatable bonds is 6. The Kier molecular flexibility index (Phi) is 6.63. The molecule has 1 N–H and O–H groups in total. The Labute approximate surface area is 167 Å². The SMILES string of the molecule is COC(=O)CC(=S)NCC1CN(c2ccc(N3CCOCC3)c(F)c2)C(=O)O1. The van der Waals surface area contributed by atoms with E-state index in [1.807, 2.05) is 4.90 Å². The lowest BCUT2D eigenvalue weighted by Gasteiger charge is -2.29. The maximum atomic E-state index is 14.6. The number of benzene rings is 1. The fraction of sp³-hybridized carbons (Fsp3) is 0.500. The summed E-state index contributed by atoms with van der Waals surface area (Å²) in [5.41, 5.74) is 0.921. The zero-order chi connectivity index (χ0) is 20.1. The van der Waals surface area contributed by atoms with Gasteiger partial charge in [0.25, 0.3) is 0 Å². The molecule has 152 valence electrons. The lowest BCUT2D eigenvalue weighted by Crippen LogP contribution is -2.37. The van der Waals surface area contributed by atoms with Gasteiger partial charge >= 0.3 is 12.1 Å². The van der Waals surface area contributed by atoms with E-state index in [9.17, 15) is 14.0 Å². The monoisotopic (exact) mass is 411 g/mol. The van der Waals surface area contributed by atoms with Crippen LogP contribution in [-0.4, -0.2) is 69.7 Å². The summed E-state index contributed by atoms with van der Waals surface area (Å²) >= 11 is 5.05. The normalized spacial score (nSPS) is 19.4. The second-order valence-corrected chi connectivity index (χ2v) is 6.90. The molecule has 2 saturated heterocycles. The molecule has 0 aromatic heterocycles. The first-order valence-electron chi connectivity index (χ1n) is 8.92. The van der Waals surface area contributed by atoms with Crippen LogP contribution in [0.15, 0.2) is 18.2 Å². The van der Waals surface area contributed by atoms with Crippen molar-refractivity contribution in [3.8, 4) is 0 Å². The second-order valence-electron chi connectivity index (χ2n) is 6.41. The average Bonchev–Trinajstić information content (AvgIpc) is 3.07. The lowest BCUT2D eigenvalue weighted by molar-refractivity contribution is -0.139. The van der Waals surface area contributed by atoms with E-state index in [4.69, 9.17) is 21.7 Å². The molecule has 0 bridgehead atoms. The molecule has 3 rings (SSSR count). The van der Waals surface area contributed by atoms with E-state index < -0.39 is 24.0 Å². The quantitative estimate of drug-likeness (QED) is 0.557. The van der Waals surface area contributed by atoms with Crippen molar-refractivity contribution < 1.29 is 28.2 Å². The van der Waals surface area contributed by atoms with E-state index in [0.717, 1.165) is 0 Å². The highest BCUT2D eigenvalue weighted by Gasteiger charge is 2.33. The van der Waals surface area contributed by atoms with Crippen LogP contribution in [0.25, 0.3) is 0 Å². The number of cyclic esters (lactones) is 1. The van der Waals surface area contributed by atoms with Crippen molar-refractivity contribution in [1.29, 1.82) is 0 Å². The molecule has 0 radical (unpaired) electrons. The minimum Gasteiger partial charge on any atom is -0.469 e. The Hall–Kier alpha value is -2.46. The summed E-state index contributed by atoms with van der Waals surface area (Å²) < 4.78 is 29.7. The first-order chi connectivity index (χ1) is 13.5. The summed E-state index contributed by atoms with van der Waals surface area (Å²) in [6, 6.07) is 4.71. The number of morpholine rings is 1. The van der Waals surface area contributed by atoms with Crippen molar-refractivity contribution in [2.24, 2.45) is 0 Å². The summed E-state index contributed by atoms with van der Waals surface area (Å²) in [6.07, 6.45) is -1.06. The third-order valence-electron chi connectivity index (χ3n) is 4.53. The summed E-state index contributed by atoms with van der Waals surface area (Å²) in [6.45, 7) is 2.89. The van der Waals surface area contributed by atoms with Gasteiger partial charge in [0.1, 0.15) is 11.9 Å². The Bertz CT molecular complexity index is 757. The molecular weight excluding hydrogens is 389 g/mol. The first kappa shape index (κ1) is 20.3. The van der Waals surface area contributed by atoms with Crippen LogP contribution in [-0.2, 0) is 19.0 Å². The van der Waals surface area contributed by atoms with E-state index in [-0.39, 0.29) is 19.5 Å². The predicted molar refractivity (Wildman–Crippen MR) is 104 cm³/mol. The Morgan fingerprint density at radius 1 is 1.39 bits per heavy atom. The standard InChI is InChI=1S/C18H22FN3O5S/c1-25-17(23)9-16(28)20-10-13-11-22(18(24)27-13)12-2-3-15(14(19)8-12)21-4-6-26-7-5-21/h2-3,8,13H,4-7,9-11H2,1H3,(H,20,28). The van der Waals surface area contributed by atoms with Gasteiger partial charge in [-0.15, -0.1) is 0 Å². The van der Waals surface area contributed by atoms with Crippen LogP contribution in [0.4, 0.5) is 20.6 Å². The summed E-state index contributed by atoms with van der Waals surface area (Å²) in [4.78, 5) is 27.0. The van der Waals surface area contributed by atoms with Gasteiger partial charge in [-0.2, -0.15) is 0 Å². The number of hydrogen-bond acceptors (Lipinski definition) is 7. The van der Waals surface area contributed by atoms with E-state index >= 15 is 0 Å². The molecule has 2 heterocycles. The number of hydrogen-bond donors (Lipinski definition) is 1. The van der Waals surface area contributed by atoms with Crippen LogP contribution in [0.2, 0.25) is 0 Å². The van der Waals surface area contributed by atoms with E-state index in [1.54, 1.807) is 12.1 Å². The van der Waals surface area contributed by atoms with Crippen molar-refractivity contribution in [1.82, 2.24) is 5.32 Å². The van der Waals surface area contributed by atoms with Gasteiger partial charge in [0, 0.05) is 13.1 Å². The molecule has 1 atom stereocenters. The first-order valence-corrected chi connectivity index (χ1v) is 9.32.